The normalized spacial score (nSPS) is 12.0. The number of nitrogens with one attached hydrogen (secondary N) is 1. The van der Waals surface area contributed by atoms with Crippen LogP contribution < -0.4 is 10.1 Å². The second-order valence-electron chi connectivity index (χ2n) is 4.73. The van der Waals surface area contributed by atoms with Crippen LogP contribution in [0.15, 0.2) is 42.5 Å². The van der Waals surface area contributed by atoms with E-state index in [1.165, 1.54) is 0 Å². The van der Waals surface area contributed by atoms with Gasteiger partial charge in [-0.3, -0.25) is 4.21 Å². The number of anilines is 1. The van der Waals surface area contributed by atoms with Crippen LogP contribution in [-0.4, -0.2) is 17.6 Å². The monoisotopic (exact) mass is 323 g/mol. The third-order valence-corrected chi connectivity index (χ3v) is 4.12. The summed E-state index contributed by atoms with van der Waals surface area (Å²) in [6, 6.07) is 13.6. The number of hydrogen-bond donors (Lipinski definition) is 1. The molecule has 0 aromatic heterocycles. The Kier molecular flexibility index (Phi) is 5.65. The van der Waals surface area contributed by atoms with E-state index in [0.717, 1.165) is 22.6 Å². The summed E-state index contributed by atoms with van der Waals surface area (Å²) >= 11 is 6.12. The van der Waals surface area contributed by atoms with E-state index in [2.05, 4.69) is 5.32 Å². The van der Waals surface area contributed by atoms with Gasteiger partial charge in [-0.2, -0.15) is 0 Å². The SMILES string of the molecule is COc1cccc(CNc2ccc(Cl)c(C[S@@](C)=O)c2)c1. The van der Waals surface area contributed by atoms with Crippen molar-refractivity contribution in [3.8, 4) is 5.75 Å². The molecule has 3 nitrogen and oxygen atoms in total. The van der Waals surface area contributed by atoms with Crippen molar-refractivity contribution in [2.24, 2.45) is 0 Å². The van der Waals surface area contributed by atoms with Crippen molar-refractivity contribution >= 4 is 28.1 Å². The Morgan fingerprint density at radius 1 is 1.24 bits per heavy atom. The molecule has 0 aliphatic carbocycles. The van der Waals surface area contributed by atoms with Crippen molar-refractivity contribution in [1.29, 1.82) is 0 Å². The zero-order valence-electron chi connectivity index (χ0n) is 12.1. The summed E-state index contributed by atoms with van der Waals surface area (Å²) in [4.78, 5) is 0. The Hall–Kier alpha value is -1.52. The molecule has 112 valence electrons. The van der Waals surface area contributed by atoms with E-state index < -0.39 is 10.8 Å². The second-order valence-corrected chi connectivity index (χ2v) is 6.57. The maximum atomic E-state index is 11.3. The number of rotatable bonds is 6. The van der Waals surface area contributed by atoms with E-state index in [1.807, 2.05) is 42.5 Å². The van der Waals surface area contributed by atoms with Gasteiger partial charge >= 0.3 is 0 Å². The highest BCUT2D eigenvalue weighted by Crippen LogP contribution is 2.22. The molecule has 1 N–H and O–H groups in total. The molecule has 2 aromatic carbocycles. The molecule has 0 heterocycles. The van der Waals surface area contributed by atoms with Crippen molar-refractivity contribution < 1.29 is 8.95 Å². The molecule has 0 aliphatic heterocycles. The smallest absolute Gasteiger partial charge is 0.119 e. The Labute approximate surface area is 132 Å². The lowest BCUT2D eigenvalue weighted by atomic mass is 10.2. The molecular weight excluding hydrogens is 306 g/mol. The number of hydrogen-bond acceptors (Lipinski definition) is 3. The molecule has 2 aromatic rings. The molecule has 0 amide bonds. The van der Waals surface area contributed by atoms with E-state index in [-0.39, 0.29) is 0 Å². The van der Waals surface area contributed by atoms with Crippen molar-refractivity contribution in [1.82, 2.24) is 0 Å². The highest BCUT2D eigenvalue weighted by atomic mass is 35.5. The van der Waals surface area contributed by atoms with E-state index in [1.54, 1.807) is 13.4 Å². The van der Waals surface area contributed by atoms with E-state index in [4.69, 9.17) is 16.3 Å². The summed E-state index contributed by atoms with van der Waals surface area (Å²) in [5.41, 5.74) is 2.99. The van der Waals surface area contributed by atoms with Crippen molar-refractivity contribution in [3.05, 3.63) is 58.6 Å². The fourth-order valence-corrected chi connectivity index (χ4v) is 2.94. The minimum atomic E-state index is -0.908. The van der Waals surface area contributed by atoms with Gasteiger partial charge in [-0.15, -0.1) is 0 Å². The number of halogens is 1. The highest BCUT2D eigenvalue weighted by molar-refractivity contribution is 7.83. The summed E-state index contributed by atoms with van der Waals surface area (Å²) in [6.45, 7) is 0.688. The fraction of sp³-hybridized carbons (Fsp3) is 0.250. The van der Waals surface area contributed by atoms with Gasteiger partial charge in [0.05, 0.1) is 7.11 Å². The van der Waals surface area contributed by atoms with Crippen molar-refractivity contribution in [2.45, 2.75) is 12.3 Å². The minimum Gasteiger partial charge on any atom is -0.497 e. The minimum absolute atomic E-state index is 0.466. The van der Waals surface area contributed by atoms with E-state index >= 15 is 0 Å². The zero-order valence-corrected chi connectivity index (χ0v) is 13.6. The Morgan fingerprint density at radius 2 is 2.05 bits per heavy atom. The first-order valence-electron chi connectivity index (χ1n) is 6.54. The predicted molar refractivity (Wildman–Crippen MR) is 89.5 cm³/mol. The van der Waals surface area contributed by atoms with Gasteiger partial charge in [0.15, 0.2) is 0 Å². The molecule has 0 bridgehead atoms. The van der Waals surface area contributed by atoms with Gasteiger partial charge in [0.25, 0.3) is 0 Å². The standard InChI is InChI=1S/C16H18ClNO2S/c1-20-15-5-3-4-12(8-15)10-18-14-6-7-16(17)13(9-14)11-21(2)19/h3-9,18H,10-11H2,1-2H3/t21-/m1/s1. The predicted octanol–water partition coefficient (Wildman–Crippen LogP) is 3.84. The molecular formula is C16H18ClNO2S. The maximum absolute atomic E-state index is 11.3. The van der Waals surface area contributed by atoms with Gasteiger partial charge in [0.2, 0.25) is 0 Å². The third kappa shape index (κ3) is 4.76. The molecule has 0 saturated heterocycles. The van der Waals surface area contributed by atoms with Crippen LogP contribution in [0.4, 0.5) is 5.69 Å². The maximum Gasteiger partial charge on any atom is 0.119 e. The Morgan fingerprint density at radius 3 is 2.76 bits per heavy atom. The summed E-state index contributed by atoms with van der Waals surface area (Å²) < 4.78 is 16.6. The highest BCUT2D eigenvalue weighted by Gasteiger charge is 2.04. The molecule has 0 aliphatic rings. The molecule has 2 rings (SSSR count). The lowest BCUT2D eigenvalue weighted by molar-refractivity contribution is 0.414. The Balaban J connectivity index is 2.07. The number of benzene rings is 2. The summed E-state index contributed by atoms with van der Waals surface area (Å²) in [5, 5.41) is 3.99. The van der Waals surface area contributed by atoms with Crippen LogP contribution in [-0.2, 0) is 23.1 Å². The third-order valence-electron chi connectivity index (χ3n) is 3.04. The number of methoxy groups -OCH3 is 1. The molecule has 1 atom stereocenters. The van der Waals surface area contributed by atoms with Crippen molar-refractivity contribution in [2.75, 3.05) is 18.7 Å². The van der Waals surface area contributed by atoms with Crippen molar-refractivity contribution in [3.63, 3.8) is 0 Å². The molecule has 0 radical (unpaired) electrons. The first kappa shape index (κ1) is 15.9. The van der Waals surface area contributed by atoms with Crippen LogP contribution in [0.2, 0.25) is 5.02 Å². The van der Waals surface area contributed by atoms with Gasteiger partial charge in [-0.05, 0) is 41.5 Å². The van der Waals surface area contributed by atoms with E-state index in [0.29, 0.717) is 17.3 Å². The topological polar surface area (TPSA) is 38.3 Å². The van der Waals surface area contributed by atoms with Crippen LogP contribution >= 0.6 is 11.6 Å². The average molecular weight is 324 g/mol. The fourth-order valence-electron chi connectivity index (χ4n) is 2.00. The molecule has 5 heteroatoms. The van der Waals surface area contributed by atoms with Crippen LogP contribution in [0, 0.1) is 0 Å². The first-order chi connectivity index (χ1) is 10.1. The van der Waals surface area contributed by atoms with Gasteiger partial charge < -0.3 is 10.1 Å². The van der Waals surface area contributed by atoms with Gasteiger partial charge in [-0.1, -0.05) is 23.7 Å². The van der Waals surface area contributed by atoms with Crippen LogP contribution in [0.25, 0.3) is 0 Å². The second kappa shape index (κ2) is 7.48. The van der Waals surface area contributed by atoms with Gasteiger partial charge in [0.1, 0.15) is 5.75 Å². The average Bonchev–Trinajstić information content (AvgIpc) is 2.48. The molecule has 0 saturated carbocycles. The quantitative estimate of drug-likeness (QED) is 0.877. The summed E-state index contributed by atoms with van der Waals surface area (Å²) in [6.07, 6.45) is 1.67. The summed E-state index contributed by atoms with van der Waals surface area (Å²) in [7, 11) is 0.748. The molecule has 0 unspecified atom stereocenters. The largest absolute Gasteiger partial charge is 0.497 e. The van der Waals surface area contributed by atoms with E-state index in [9.17, 15) is 4.21 Å². The summed E-state index contributed by atoms with van der Waals surface area (Å²) in [5.74, 6) is 1.31. The lowest BCUT2D eigenvalue weighted by Crippen LogP contribution is -2.01. The molecule has 0 fully saturated rings. The van der Waals surface area contributed by atoms with Crippen LogP contribution in [0.5, 0.6) is 5.75 Å². The first-order valence-corrected chi connectivity index (χ1v) is 8.64. The lowest BCUT2D eigenvalue weighted by Gasteiger charge is -2.10. The van der Waals surface area contributed by atoms with Gasteiger partial charge in [0, 0.05) is 40.1 Å². The molecule has 0 spiro atoms. The molecule has 21 heavy (non-hydrogen) atoms. The number of ether oxygens (including phenoxy) is 1. The van der Waals surface area contributed by atoms with Gasteiger partial charge in [-0.25, -0.2) is 0 Å². The Bertz CT molecular complexity index is 646. The van der Waals surface area contributed by atoms with Crippen LogP contribution in [0.3, 0.4) is 0 Å². The zero-order chi connectivity index (χ0) is 15.2. The van der Waals surface area contributed by atoms with Crippen LogP contribution in [0.1, 0.15) is 11.1 Å².